The number of esters is 1. The molecule has 0 aromatic carbocycles. The van der Waals surface area contributed by atoms with E-state index in [4.69, 9.17) is 4.74 Å². The Morgan fingerprint density at radius 3 is 2.76 bits per heavy atom. The Morgan fingerprint density at radius 1 is 1.24 bits per heavy atom. The quantitative estimate of drug-likeness (QED) is 0.511. The van der Waals surface area contributed by atoms with E-state index in [1.165, 1.54) is 16.2 Å². The van der Waals surface area contributed by atoms with Crippen molar-refractivity contribution in [3.8, 4) is 0 Å². The van der Waals surface area contributed by atoms with Gasteiger partial charge in [-0.25, -0.2) is 0 Å². The molecule has 3 fully saturated rings. The summed E-state index contributed by atoms with van der Waals surface area (Å²) in [6.07, 6.45) is 4.45. The normalized spacial score (nSPS) is 33.7. The van der Waals surface area contributed by atoms with Crippen molar-refractivity contribution in [3.05, 3.63) is 44.6 Å². The predicted octanol–water partition coefficient (Wildman–Crippen LogP) is 2.26. The molecule has 172 valence electrons. The van der Waals surface area contributed by atoms with Gasteiger partial charge in [-0.15, -0.1) is 11.8 Å². The van der Waals surface area contributed by atoms with Crippen molar-refractivity contribution < 1.29 is 19.1 Å². The van der Waals surface area contributed by atoms with Crippen LogP contribution in [0, 0.1) is 29.6 Å². The first-order valence-corrected chi connectivity index (χ1v) is 13.0. The zero-order chi connectivity index (χ0) is 22.9. The minimum atomic E-state index is -0.396. The Balaban J connectivity index is 1.34. The van der Waals surface area contributed by atoms with Gasteiger partial charge in [0.05, 0.1) is 29.9 Å². The van der Waals surface area contributed by atoms with Gasteiger partial charge in [0.1, 0.15) is 0 Å². The van der Waals surface area contributed by atoms with Gasteiger partial charge in [-0.05, 0) is 42.7 Å². The lowest BCUT2D eigenvalue weighted by Gasteiger charge is -2.42. The molecule has 2 aromatic rings. The number of carbonyl (C=O) groups is 3. The van der Waals surface area contributed by atoms with Crippen LogP contribution in [0.25, 0.3) is 0 Å². The van der Waals surface area contributed by atoms with E-state index >= 15 is 0 Å². The van der Waals surface area contributed by atoms with Crippen molar-refractivity contribution in [1.29, 1.82) is 0 Å². The topological polar surface area (TPSA) is 109 Å². The molecule has 2 aliphatic heterocycles. The summed E-state index contributed by atoms with van der Waals surface area (Å²) in [4.78, 5) is 60.3. The number of thioether (sulfide) groups is 1. The molecule has 7 atom stereocenters. The standard InChI is InChI=1S/C23H23N3O5S2/c1-2-31-13(27)5-7-26-21(28)16-11-8-12(17(16)22(26)29)18-15(11)14(10-4-3-6-24-9-10)19-20(32-18)25-23(30)33-19/h3-4,6,9,11-12,14-18H,2,5,7-8H2,1H3,(H,25,30)/t11-,12-,14-,15-,16+,17-,18+/m0/s1. The lowest BCUT2D eigenvalue weighted by molar-refractivity contribution is -0.145. The number of ether oxygens (including phenoxy) is 1. The van der Waals surface area contributed by atoms with Crippen molar-refractivity contribution in [2.75, 3.05) is 13.2 Å². The number of rotatable bonds is 5. The van der Waals surface area contributed by atoms with Crippen molar-refractivity contribution in [1.82, 2.24) is 14.9 Å². The highest BCUT2D eigenvalue weighted by atomic mass is 32.2. The van der Waals surface area contributed by atoms with Gasteiger partial charge in [0.2, 0.25) is 11.8 Å². The molecule has 4 aliphatic rings. The highest BCUT2D eigenvalue weighted by molar-refractivity contribution is 8.00. The molecule has 8 nitrogen and oxygen atoms in total. The van der Waals surface area contributed by atoms with E-state index < -0.39 is 5.97 Å². The number of likely N-dealkylation sites (tertiary alicyclic amines) is 1. The predicted molar refractivity (Wildman–Crippen MR) is 121 cm³/mol. The third kappa shape index (κ3) is 3.06. The third-order valence-electron chi connectivity index (χ3n) is 7.70. The Bertz CT molecular complexity index is 1190. The number of fused-ring (bicyclic) bond motifs is 9. The molecular formula is C23H23N3O5S2. The molecule has 2 bridgehead atoms. The molecule has 0 spiro atoms. The van der Waals surface area contributed by atoms with Crippen LogP contribution in [0.15, 0.2) is 34.3 Å². The number of hydrogen-bond donors (Lipinski definition) is 1. The Morgan fingerprint density at radius 2 is 2.03 bits per heavy atom. The van der Waals surface area contributed by atoms with Crippen molar-refractivity contribution in [2.45, 2.75) is 36.0 Å². The Labute approximate surface area is 198 Å². The largest absolute Gasteiger partial charge is 0.466 e. The maximum absolute atomic E-state index is 13.4. The van der Waals surface area contributed by atoms with Crippen LogP contribution >= 0.6 is 23.1 Å². The van der Waals surface area contributed by atoms with Gasteiger partial charge >= 0.3 is 10.8 Å². The first-order valence-electron chi connectivity index (χ1n) is 11.3. The summed E-state index contributed by atoms with van der Waals surface area (Å²) in [6.45, 7) is 2.09. The summed E-state index contributed by atoms with van der Waals surface area (Å²) in [6, 6.07) is 3.94. The maximum atomic E-state index is 13.4. The highest BCUT2D eigenvalue weighted by Gasteiger charge is 2.69. The SMILES string of the molecule is CCOC(=O)CCN1C(=O)[C@@H]2[C@H]3C[C@H]([C@H]4Sc5[nH]c(=O)sc5[C@@H](c5cccnc5)[C@H]34)[C@@H]2C1=O. The van der Waals surface area contributed by atoms with Gasteiger partial charge in [0.15, 0.2) is 0 Å². The lowest BCUT2D eigenvalue weighted by atomic mass is 9.68. The Hall–Kier alpha value is -2.46. The number of pyridine rings is 1. The van der Waals surface area contributed by atoms with Gasteiger partial charge in [-0.1, -0.05) is 17.4 Å². The molecule has 2 aliphatic carbocycles. The van der Waals surface area contributed by atoms with E-state index in [9.17, 15) is 19.2 Å². The molecule has 33 heavy (non-hydrogen) atoms. The van der Waals surface area contributed by atoms with Crippen LogP contribution in [0.5, 0.6) is 0 Å². The molecule has 2 amide bonds. The number of carbonyl (C=O) groups excluding carboxylic acids is 3. The second-order valence-electron chi connectivity index (χ2n) is 9.13. The number of hydrogen-bond acceptors (Lipinski definition) is 8. The van der Waals surface area contributed by atoms with E-state index in [0.717, 1.165) is 21.9 Å². The Kier molecular flexibility index (Phi) is 4.99. The van der Waals surface area contributed by atoms with Gasteiger partial charge in [-0.2, -0.15) is 0 Å². The number of H-pyrrole nitrogens is 1. The fraction of sp³-hybridized carbons (Fsp3) is 0.522. The summed E-state index contributed by atoms with van der Waals surface area (Å²) in [5, 5.41) is 1.04. The second kappa shape index (κ2) is 7.80. The van der Waals surface area contributed by atoms with E-state index in [1.54, 1.807) is 24.9 Å². The second-order valence-corrected chi connectivity index (χ2v) is 11.3. The number of thiazole rings is 1. The zero-order valence-electron chi connectivity index (χ0n) is 17.9. The summed E-state index contributed by atoms with van der Waals surface area (Å²) >= 11 is 2.91. The number of amides is 2. The van der Waals surface area contributed by atoms with Crippen molar-refractivity contribution in [2.24, 2.45) is 29.6 Å². The molecule has 1 saturated heterocycles. The van der Waals surface area contributed by atoms with Crippen LogP contribution in [0.2, 0.25) is 0 Å². The van der Waals surface area contributed by atoms with Crippen molar-refractivity contribution >= 4 is 40.9 Å². The number of nitrogens with zero attached hydrogens (tertiary/aromatic N) is 2. The van der Waals surface area contributed by atoms with Gasteiger partial charge in [0, 0.05) is 35.0 Å². The molecule has 10 heteroatoms. The average molecular weight is 486 g/mol. The van der Waals surface area contributed by atoms with E-state index in [2.05, 4.69) is 9.97 Å². The monoisotopic (exact) mass is 485 g/mol. The average Bonchev–Trinajstić information content (AvgIpc) is 3.52. The molecule has 6 rings (SSSR count). The van der Waals surface area contributed by atoms with Crippen LogP contribution in [-0.4, -0.2) is 51.1 Å². The van der Waals surface area contributed by atoms with Crippen LogP contribution < -0.4 is 4.87 Å². The molecular weight excluding hydrogens is 462 g/mol. The summed E-state index contributed by atoms with van der Waals surface area (Å²) < 4.78 is 4.97. The van der Waals surface area contributed by atoms with Gasteiger partial charge in [0.25, 0.3) is 0 Å². The minimum Gasteiger partial charge on any atom is -0.466 e. The van der Waals surface area contributed by atoms with Gasteiger partial charge in [-0.3, -0.25) is 29.1 Å². The molecule has 2 aromatic heterocycles. The fourth-order valence-electron chi connectivity index (χ4n) is 6.67. The molecule has 4 heterocycles. The summed E-state index contributed by atoms with van der Waals surface area (Å²) in [5.41, 5.74) is 1.05. The number of nitrogens with one attached hydrogen (secondary N) is 1. The fourth-order valence-corrected chi connectivity index (χ4v) is 9.56. The summed E-state index contributed by atoms with van der Waals surface area (Å²) in [7, 11) is 0. The molecule has 1 N–H and O–H groups in total. The first-order chi connectivity index (χ1) is 16.0. The van der Waals surface area contributed by atoms with Crippen LogP contribution in [0.4, 0.5) is 0 Å². The van der Waals surface area contributed by atoms with E-state index in [-0.39, 0.29) is 77.0 Å². The van der Waals surface area contributed by atoms with Gasteiger partial charge < -0.3 is 9.72 Å². The highest BCUT2D eigenvalue weighted by Crippen LogP contribution is 2.68. The lowest BCUT2D eigenvalue weighted by Crippen LogP contribution is -2.42. The molecule has 0 radical (unpaired) electrons. The summed E-state index contributed by atoms with van der Waals surface area (Å²) in [5.74, 6) is -1.09. The minimum absolute atomic E-state index is 0.0173. The van der Waals surface area contributed by atoms with E-state index in [1.807, 2.05) is 18.3 Å². The van der Waals surface area contributed by atoms with Crippen LogP contribution in [0.3, 0.4) is 0 Å². The number of imide groups is 1. The molecule has 0 unspecified atom stereocenters. The maximum Gasteiger partial charge on any atom is 0.307 e. The zero-order valence-corrected chi connectivity index (χ0v) is 19.6. The third-order valence-corrected chi connectivity index (χ3v) is 10.3. The van der Waals surface area contributed by atoms with Crippen LogP contribution in [0.1, 0.15) is 36.1 Å². The van der Waals surface area contributed by atoms with E-state index in [0.29, 0.717) is 0 Å². The smallest absolute Gasteiger partial charge is 0.307 e. The molecule has 2 saturated carbocycles. The van der Waals surface area contributed by atoms with Crippen molar-refractivity contribution in [3.63, 3.8) is 0 Å². The number of aromatic nitrogens is 2. The number of aromatic amines is 1. The first kappa shape index (κ1) is 21.1. The van der Waals surface area contributed by atoms with Crippen LogP contribution in [-0.2, 0) is 19.1 Å².